The first-order chi connectivity index (χ1) is 6.89. The van der Waals surface area contributed by atoms with Gasteiger partial charge in [-0.2, -0.15) is 0 Å². The van der Waals surface area contributed by atoms with E-state index < -0.39 is 14.9 Å². The van der Waals surface area contributed by atoms with Gasteiger partial charge in [-0.3, -0.25) is 0 Å². The zero-order valence-electron chi connectivity index (χ0n) is 7.71. The van der Waals surface area contributed by atoms with Crippen LogP contribution in [-0.4, -0.2) is 13.4 Å². The van der Waals surface area contributed by atoms with Crippen molar-refractivity contribution in [1.82, 2.24) is 4.98 Å². The molecule has 1 aromatic carbocycles. The molecule has 3 nitrogen and oxygen atoms in total. The zero-order chi connectivity index (χ0) is 11.2. The van der Waals surface area contributed by atoms with Gasteiger partial charge in [0.15, 0.2) is 0 Å². The van der Waals surface area contributed by atoms with Crippen LogP contribution in [0.4, 0.5) is 4.39 Å². The normalized spacial score (nSPS) is 12.2. The largest absolute Gasteiger partial charge is 0.357 e. The van der Waals surface area contributed by atoms with Crippen molar-refractivity contribution in [3.63, 3.8) is 0 Å². The number of halogens is 2. The van der Waals surface area contributed by atoms with E-state index in [1.54, 1.807) is 6.92 Å². The second-order valence-corrected chi connectivity index (χ2v) is 5.71. The number of aromatic amines is 1. The number of rotatable bonds is 1. The maximum absolute atomic E-state index is 13.0. The highest BCUT2D eigenvalue weighted by molar-refractivity contribution is 8.14. The van der Waals surface area contributed by atoms with Crippen LogP contribution in [0.3, 0.4) is 0 Å². The molecule has 0 amide bonds. The number of aryl methyl sites for hydroxylation is 1. The second kappa shape index (κ2) is 3.21. The molecule has 0 atom stereocenters. The summed E-state index contributed by atoms with van der Waals surface area (Å²) in [6.45, 7) is 1.58. The minimum atomic E-state index is -3.86. The fourth-order valence-corrected chi connectivity index (χ4v) is 3.03. The summed E-state index contributed by atoms with van der Waals surface area (Å²) < 4.78 is 35.5. The smallest absolute Gasteiger partial charge is 0.263 e. The van der Waals surface area contributed by atoms with Gasteiger partial charge in [-0.1, -0.05) is 0 Å². The maximum Gasteiger partial charge on any atom is 0.263 e. The third-order valence-corrected chi connectivity index (χ3v) is 3.61. The Balaban J connectivity index is 2.95. The predicted octanol–water partition coefficient (Wildman–Crippen LogP) is 2.54. The van der Waals surface area contributed by atoms with Crippen LogP contribution < -0.4 is 0 Å². The fraction of sp³-hybridized carbons (Fsp3) is 0.111. The Morgan fingerprint density at radius 2 is 2.07 bits per heavy atom. The molecule has 0 unspecified atom stereocenters. The van der Waals surface area contributed by atoms with E-state index in [4.69, 9.17) is 10.7 Å². The number of hydrogen-bond donors (Lipinski definition) is 1. The Bertz CT molecular complexity index is 633. The molecular formula is C9H7ClFNO2S. The van der Waals surface area contributed by atoms with Crippen LogP contribution in [0.15, 0.2) is 23.1 Å². The highest BCUT2D eigenvalue weighted by Crippen LogP contribution is 2.29. The van der Waals surface area contributed by atoms with Crippen molar-refractivity contribution in [3.8, 4) is 0 Å². The van der Waals surface area contributed by atoms with E-state index >= 15 is 0 Å². The number of aromatic nitrogens is 1. The van der Waals surface area contributed by atoms with Crippen molar-refractivity contribution >= 4 is 30.6 Å². The lowest BCUT2D eigenvalue weighted by molar-refractivity contribution is 0.609. The number of nitrogens with one attached hydrogen (secondary N) is 1. The van der Waals surface area contributed by atoms with E-state index in [0.29, 0.717) is 11.2 Å². The minimum Gasteiger partial charge on any atom is -0.357 e. The molecule has 0 spiro atoms. The summed E-state index contributed by atoms with van der Waals surface area (Å²) in [5, 5.41) is 0.280. The molecule has 0 saturated carbocycles. The van der Waals surface area contributed by atoms with Gasteiger partial charge in [-0.15, -0.1) is 0 Å². The van der Waals surface area contributed by atoms with Gasteiger partial charge in [0.05, 0.1) is 0 Å². The van der Waals surface area contributed by atoms with E-state index in [2.05, 4.69) is 4.98 Å². The summed E-state index contributed by atoms with van der Waals surface area (Å²) >= 11 is 0. The molecule has 1 heterocycles. The number of hydrogen-bond acceptors (Lipinski definition) is 2. The Hall–Kier alpha value is -1.07. The summed E-state index contributed by atoms with van der Waals surface area (Å²) in [5.41, 5.74) is 0.957. The molecule has 0 saturated heterocycles. The molecule has 1 N–H and O–H groups in total. The Labute approximate surface area is 90.3 Å². The van der Waals surface area contributed by atoms with E-state index in [9.17, 15) is 12.8 Å². The molecular weight excluding hydrogens is 241 g/mol. The van der Waals surface area contributed by atoms with Crippen LogP contribution in [0, 0.1) is 12.7 Å². The second-order valence-electron chi connectivity index (χ2n) is 3.21. The van der Waals surface area contributed by atoms with Crippen LogP contribution in [-0.2, 0) is 9.05 Å². The fourth-order valence-electron chi connectivity index (χ4n) is 1.59. The highest BCUT2D eigenvalue weighted by Gasteiger charge is 2.20. The molecule has 2 rings (SSSR count). The summed E-state index contributed by atoms with van der Waals surface area (Å²) in [6, 6.07) is 3.88. The first-order valence-electron chi connectivity index (χ1n) is 4.12. The summed E-state index contributed by atoms with van der Waals surface area (Å²) in [5.74, 6) is -0.497. The van der Waals surface area contributed by atoms with Gasteiger partial charge in [-0.25, -0.2) is 12.8 Å². The van der Waals surface area contributed by atoms with Gasteiger partial charge >= 0.3 is 0 Å². The Morgan fingerprint density at radius 1 is 1.40 bits per heavy atom. The Kier molecular flexibility index (Phi) is 2.24. The Morgan fingerprint density at radius 3 is 2.67 bits per heavy atom. The monoisotopic (exact) mass is 247 g/mol. The summed E-state index contributed by atoms with van der Waals surface area (Å²) in [7, 11) is 1.41. The first kappa shape index (κ1) is 10.4. The van der Waals surface area contributed by atoms with Crippen molar-refractivity contribution in [1.29, 1.82) is 0 Å². The van der Waals surface area contributed by atoms with Crippen LogP contribution in [0.1, 0.15) is 5.69 Å². The van der Waals surface area contributed by atoms with Gasteiger partial charge in [-0.05, 0) is 25.1 Å². The molecule has 0 aliphatic carbocycles. The number of fused-ring (bicyclic) bond motifs is 1. The standard InChI is InChI=1S/C9H7ClFNO2S/c1-5-9(15(10,13)14)7-4-6(11)2-3-8(7)12-5/h2-4,12H,1H3. The lowest BCUT2D eigenvalue weighted by atomic mass is 10.2. The van der Waals surface area contributed by atoms with Crippen LogP contribution in [0.25, 0.3) is 10.9 Å². The minimum absolute atomic E-state index is 0.0568. The molecule has 0 bridgehead atoms. The van der Waals surface area contributed by atoms with E-state index in [1.165, 1.54) is 12.1 Å². The van der Waals surface area contributed by atoms with Crippen molar-refractivity contribution in [3.05, 3.63) is 29.7 Å². The number of H-pyrrole nitrogens is 1. The van der Waals surface area contributed by atoms with Gasteiger partial charge in [0.1, 0.15) is 10.7 Å². The molecule has 6 heteroatoms. The topological polar surface area (TPSA) is 49.9 Å². The third kappa shape index (κ3) is 1.72. The molecule has 80 valence electrons. The quantitative estimate of drug-likeness (QED) is 0.788. The molecule has 1 aromatic heterocycles. The molecule has 0 radical (unpaired) electrons. The molecule has 0 aliphatic rings. The van der Waals surface area contributed by atoms with Crippen LogP contribution in [0.2, 0.25) is 0 Å². The van der Waals surface area contributed by atoms with Crippen LogP contribution in [0.5, 0.6) is 0 Å². The van der Waals surface area contributed by atoms with Gasteiger partial charge < -0.3 is 4.98 Å². The highest BCUT2D eigenvalue weighted by atomic mass is 35.7. The first-order valence-corrected chi connectivity index (χ1v) is 6.43. The third-order valence-electron chi connectivity index (χ3n) is 2.13. The predicted molar refractivity (Wildman–Crippen MR) is 56.0 cm³/mol. The SMILES string of the molecule is Cc1[nH]c2ccc(F)cc2c1S(=O)(=O)Cl. The molecule has 0 aliphatic heterocycles. The molecule has 15 heavy (non-hydrogen) atoms. The average Bonchev–Trinajstić information content (AvgIpc) is 2.38. The van der Waals surface area contributed by atoms with Crippen molar-refractivity contribution in [2.75, 3.05) is 0 Å². The van der Waals surface area contributed by atoms with Crippen molar-refractivity contribution in [2.45, 2.75) is 11.8 Å². The van der Waals surface area contributed by atoms with E-state index in [0.717, 1.165) is 6.07 Å². The zero-order valence-corrected chi connectivity index (χ0v) is 9.29. The van der Waals surface area contributed by atoms with Crippen LogP contribution >= 0.6 is 10.7 Å². The van der Waals surface area contributed by atoms with Gasteiger partial charge in [0, 0.05) is 27.3 Å². The average molecular weight is 248 g/mol. The van der Waals surface area contributed by atoms with E-state index in [-0.39, 0.29) is 10.3 Å². The molecule has 2 aromatic rings. The van der Waals surface area contributed by atoms with E-state index in [1.807, 2.05) is 0 Å². The van der Waals surface area contributed by atoms with Crippen molar-refractivity contribution < 1.29 is 12.8 Å². The lowest BCUT2D eigenvalue weighted by Crippen LogP contribution is -1.91. The number of benzene rings is 1. The van der Waals surface area contributed by atoms with Gasteiger partial charge in [0.2, 0.25) is 0 Å². The lowest BCUT2D eigenvalue weighted by Gasteiger charge is -1.95. The van der Waals surface area contributed by atoms with Gasteiger partial charge in [0.25, 0.3) is 9.05 Å². The summed E-state index contributed by atoms with van der Waals surface area (Å²) in [6.07, 6.45) is 0. The van der Waals surface area contributed by atoms with Crippen molar-refractivity contribution in [2.24, 2.45) is 0 Å². The molecule has 0 fully saturated rings. The maximum atomic E-state index is 13.0. The summed E-state index contributed by atoms with van der Waals surface area (Å²) in [4.78, 5) is 2.77.